The van der Waals surface area contributed by atoms with Crippen molar-refractivity contribution in [2.45, 2.75) is 13.8 Å². The molecule has 0 aliphatic heterocycles. The van der Waals surface area contributed by atoms with E-state index in [1.54, 1.807) is 12.1 Å². The van der Waals surface area contributed by atoms with E-state index in [0.29, 0.717) is 10.7 Å². The summed E-state index contributed by atoms with van der Waals surface area (Å²) in [7, 11) is 0. The number of allylic oxidation sites excluding steroid dienone is 5. The summed E-state index contributed by atoms with van der Waals surface area (Å²) in [5.74, 6) is -0.157. The third-order valence-electron chi connectivity index (χ3n) is 2.97. The molecular formula is C18H18N2OS. The summed E-state index contributed by atoms with van der Waals surface area (Å²) >= 11 is 1.39. The van der Waals surface area contributed by atoms with Gasteiger partial charge in [-0.1, -0.05) is 48.6 Å². The Hall–Kier alpha value is -2.46. The average Bonchev–Trinajstić information content (AvgIpc) is 2.96. The molecule has 1 aromatic heterocycles. The molecule has 0 fully saturated rings. The van der Waals surface area contributed by atoms with Gasteiger partial charge < -0.3 is 0 Å². The van der Waals surface area contributed by atoms with Crippen molar-refractivity contribution in [3.05, 3.63) is 77.3 Å². The van der Waals surface area contributed by atoms with Crippen molar-refractivity contribution in [3.63, 3.8) is 0 Å². The van der Waals surface area contributed by atoms with E-state index in [9.17, 15) is 4.79 Å². The number of thiazole rings is 1. The predicted octanol–water partition coefficient (Wildman–Crippen LogP) is 4.85. The molecule has 1 aromatic carbocycles. The first-order chi connectivity index (χ1) is 10.6. The Morgan fingerprint density at radius 2 is 2.00 bits per heavy atom. The van der Waals surface area contributed by atoms with Crippen molar-refractivity contribution in [1.29, 1.82) is 0 Å². The first-order valence-corrected chi connectivity index (χ1v) is 7.80. The molecule has 1 amide bonds. The van der Waals surface area contributed by atoms with Gasteiger partial charge in [-0.2, -0.15) is 0 Å². The molecule has 1 N–H and O–H groups in total. The van der Waals surface area contributed by atoms with Gasteiger partial charge in [0.1, 0.15) is 0 Å². The van der Waals surface area contributed by atoms with Gasteiger partial charge in [-0.15, -0.1) is 11.3 Å². The van der Waals surface area contributed by atoms with Crippen LogP contribution >= 0.6 is 11.3 Å². The van der Waals surface area contributed by atoms with Crippen molar-refractivity contribution in [2.75, 3.05) is 5.32 Å². The van der Waals surface area contributed by atoms with Crippen LogP contribution in [-0.4, -0.2) is 10.9 Å². The predicted molar refractivity (Wildman–Crippen MR) is 94.2 cm³/mol. The molecule has 0 bridgehead atoms. The zero-order chi connectivity index (χ0) is 15.9. The number of carbonyl (C=O) groups is 1. The third-order valence-corrected chi connectivity index (χ3v) is 3.73. The number of benzene rings is 1. The molecule has 0 aliphatic carbocycles. The van der Waals surface area contributed by atoms with E-state index >= 15 is 0 Å². The SMILES string of the molecule is C=C(/C=C\C=C/C)c1csc(NC(=O)c2ccc(C)cc2)n1. The fourth-order valence-electron chi connectivity index (χ4n) is 1.72. The van der Waals surface area contributed by atoms with Gasteiger partial charge >= 0.3 is 0 Å². The van der Waals surface area contributed by atoms with Crippen LogP contribution in [0.4, 0.5) is 5.13 Å². The molecule has 4 heteroatoms. The minimum absolute atomic E-state index is 0.157. The number of aromatic nitrogens is 1. The summed E-state index contributed by atoms with van der Waals surface area (Å²) in [6, 6.07) is 7.43. The summed E-state index contributed by atoms with van der Waals surface area (Å²) in [6.07, 6.45) is 7.67. The van der Waals surface area contributed by atoms with E-state index < -0.39 is 0 Å². The molecule has 0 saturated carbocycles. The van der Waals surface area contributed by atoms with Gasteiger partial charge in [0, 0.05) is 10.9 Å². The molecule has 0 saturated heterocycles. The minimum Gasteiger partial charge on any atom is -0.298 e. The molecular weight excluding hydrogens is 292 g/mol. The summed E-state index contributed by atoms with van der Waals surface area (Å²) in [5, 5.41) is 5.26. The third kappa shape index (κ3) is 4.27. The van der Waals surface area contributed by atoms with E-state index in [-0.39, 0.29) is 5.91 Å². The lowest BCUT2D eigenvalue weighted by Gasteiger charge is -2.02. The van der Waals surface area contributed by atoms with Gasteiger partial charge in [0.15, 0.2) is 5.13 Å². The zero-order valence-corrected chi connectivity index (χ0v) is 13.5. The van der Waals surface area contributed by atoms with E-state index in [4.69, 9.17) is 0 Å². The number of hydrogen-bond acceptors (Lipinski definition) is 3. The molecule has 0 radical (unpaired) electrons. The normalized spacial score (nSPS) is 11.2. The lowest BCUT2D eigenvalue weighted by atomic mass is 10.1. The minimum atomic E-state index is -0.157. The van der Waals surface area contributed by atoms with Crippen LogP contribution in [0.3, 0.4) is 0 Å². The van der Waals surface area contributed by atoms with Crippen LogP contribution in [0.2, 0.25) is 0 Å². The van der Waals surface area contributed by atoms with E-state index in [0.717, 1.165) is 16.8 Å². The second-order valence-corrected chi connectivity index (χ2v) is 5.63. The highest BCUT2D eigenvalue weighted by molar-refractivity contribution is 7.14. The summed E-state index contributed by atoms with van der Waals surface area (Å²) in [4.78, 5) is 16.5. The molecule has 0 spiro atoms. The molecule has 2 rings (SSSR count). The lowest BCUT2D eigenvalue weighted by molar-refractivity contribution is 0.102. The van der Waals surface area contributed by atoms with Gasteiger partial charge in [-0.25, -0.2) is 4.98 Å². The Labute approximate surface area is 134 Å². The van der Waals surface area contributed by atoms with E-state index in [1.807, 2.05) is 55.7 Å². The maximum atomic E-state index is 12.1. The second-order valence-electron chi connectivity index (χ2n) is 4.77. The van der Waals surface area contributed by atoms with Crippen LogP contribution in [0.15, 0.2) is 60.5 Å². The number of aryl methyl sites for hydroxylation is 1. The number of hydrogen-bond donors (Lipinski definition) is 1. The maximum absolute atomic E-state index is 12.1. The van der Waals surface area contributed by atoms with Crippen LogP contribution in [0.1, 0.15) is 28.5 Å². The van der Waals surface area contributed by atoms with E-state index in [1.165, 1.54) is 11.3 Å². The highest BCUT2D eigenvalue weighted by atomic mass is 32.1. The number of carbonyl (C=O) groups excluding carboxylic acids is 1. The van der Waals surface area contributed by atoms with Gasteiger partial charge in [0.25, 0.3) is 5.91 Å². The average molecular weight is 310 g/mol. The van der Waals surface area contributed by atoms with Gasteiger partial charge in [0.2, 0.25) is 0 Å². The Kier molecular flexibility index (Phi) is 5.44. The highest BCUT2D eigenvalue weighted by Gasteiger charge is 2.09. The second kappa shape index (κ2) is 7.52. The summed E-state index contributed by atoms with van der Waals surface area (Å²) in [5.41, 5.74) is 3.32. The largest absolute Gasteiger partial charge is 0.298 e. The Morgan fingerprint density at radius 1 is 1.27 bits per heavy atom. The first kappa shape index (κ1) is 15.9. The highest BCUT2D eigenvalue weighted by Crippen LogP contribution is 2.22. The quantitative estimate of drug-likeness (QED) is 0.802. The summed E-state index contributed by atoms with van der Waals surface area (Å²) < 4.78 is 0. The fraction of sp³-hybridized carbons (Fsp3) is 0.111. The standard InChI is InChI=1S/C18H18N2OS/c1-4-5-6-7-14(3)16-12-22-18(19-16)20-17(21)15-10-8-13(2)9-11-15/h4-12H,3H2,1-2H3,(H,19,20,21)/b5-4-,7-6-. The molecule has 22 heavy (non-hydrogen) atoms. The van der Waals surface area contributed by atoms with Crippen molar-refractivity contribution in [1.82, 2.24) is 4.98 Å². The van der Waals surface area contributed by atoms with Crippen LogP contribution in [0.5, 0.6) is 0 Å². The smallest absolute Gasteiger partial charge is 0.257 e. The van der Waals surface area contributed by atoms with Crippen molar-refractivity contribution in [3.8, 4) is 0 Å². The van der Waals surface area contributed by atoms with Gasteiger partial charge in [0.05, 0.1) is 5.69 Å². The fourth-order valence-corrected chi connectivity index (χ4v) is 2.45. The topological polar surface area (TPSA) is 42.0 Å². The number of amides is 1. The molecule has 0 atom stereocenters. The maximum Gasteiger partial charge on any atom is 0.257 e. The van der Waals surface area contributed by atoms with Crippen molar-refractivity contribution >= 4 is 27.9 Å². The molecule has 0 unspecified atom stereocenters. The first-order valence-electron chi connectivity index (χ1n) is 6.92. The van der Waals surface area contributed by atoms with E-state index in [2.05, 4.69) is 16.9 Å². The molecule has 1 heterocycles. The van der Waals surface area contributed by atoms with Crippen molar-refractivity contribution in [2.24, 2.45) is 0 Å². The molecule has 112 valence electrons. The van der Waals surface area contributed by atoms with Crippen molar-refractivity contribution < 1.29 is 4.79 Å². The van der Waals surface area contributed by atoms with Crippen LogP contribution in [-0.2, 0) is 0 Å². The molecule has 0 aliphatic rings. The van der Waals surface area contributed by atoms with Crippen LogP contribution in [0, 0.1) is 6.92 Å². The monoisotopic (exact) mass is 310 g/mol. The van der Waals surface area contributed by atoms with Crippen LogP contribution in [0.25, 0.3) is 5.57 Å². The molecule has 3 nitrogen and oxygen atoms in total. The summed E-state index contributed by atoms with van der Waals surface area (Å²) in [6.45, 7) is 7.91. The van der Waals surface area contributed by atoms with Gasteiger partial charge in [-0.3, -0.25) is 10.1 Å². The number of nitrogens with zero attached hydrogens (tertiary/aromatic N) is 1. The Morgan fingerprint density at radius 3 is 2.68 bits per heavy atom. The Balaban J connectivity index is 2.04. The molecule has 2 aromatic rings. The Bertz CT molecular complexity index is 724. The number of anilines is 1. The zero-order valence-electron chi connectivity index (χ0n) is 12.7. The number of rotatable bonds is 5. The van der Waals surface area contributed by atoms with Gasteiger partial charge in [-0.05, 0) is 31.6 Å². The van der Waals surface area contributed by atoms with Crippen LogP contribution < -0.4 is 5.32 Å². The number of nitrogens with one attached hydrogen (secondary N) is 1. The lowest BCUT2D eigenvalue weighted by Crippen LogP contribution is -2.11.